The Balaban J connectivity index is 1.33. The van der Waals surface area contributed by atoms with Gasteiger partial charge in [-0.05, 0) is 55.2 Å². The number of methoxy groups -OCH3 is 1. The summed E-state index contributed by atoms with van der Waals surface area (Å²) in [5, 5.41) is 3.03. The lowest BCUT2D eigenvalue weighted by Crippen LogP contribution is -2.46. The fourth-order valence-electron chi connectivity index (χ4n) is 4.70. The normalized spacial score (nSPS) is 21.0. The molecular formula is C25H30FN3O4. The van der Waals surface area contributed by atoms with Crippen molar-refractivity contribution in [3.63, 3.8) is 0 Å². The van der Waals surface area contributed by atoms with E-state index in [4.69, 9.17) is 9.47 Å². The molecule has 1 unspecified atom stereocenters. The first kappa shape index (κ1) is 23.0. The van der Waals surface area contributed by atoms with Gasteiger partial charge >= 0.3 is 0 Å². The number of halogens is 1. The molecule has 0 spiro atoms. The summed E-state index contributed by atoms with van der Waals surface area (Å²) in [7, 11) is 1.54. The Morgan fingerprint density at radius 3 is 2.76 bits per heavy atom. The lowest BCUT2D eigenvalue weighted by atomic mass is 9.84. The second kappa shape index (κ2) is 10.2. The molecule has 8 heteroatoms. The highest BCUT2D eigenvalue weighted by Gasteiger charge is 2.39. The fraction of sp³-hybridized carbons (Fsp3) is 0.480. The first-order chi connectivity index (χ1) is 16.0. The predicted octanol–water partition coefficient (Wildman–Crippen LogP) is 3.27. The van der Waals surface area contributed by atoms with Crippen molar-refractivity contribution in [1.29, 1.82) is 0 Å². The molecule has 1 aromatic heterocycles. The number of piperidine rings is 1. The highest BCUT2D eigenvalue weighted by atomic mass is 19.1. The van der Waals surface area contributed by atoms with Crippen LogP contribution in [0.1, 0.15) is 44.1 Å². The number of carbonyl (C=O) groups excluding carboxylic acids is 2. The second-order valence-electron chi connectivity index (χ2n) is 8.85. The minimum absolute atomic E-state index is 0.0564. The lowest BCUT2D eigenvalue weighted by Gasteiger charge is -2.34. The minimum atomic E-state index is -0.623. The fourth-order valence-corrected chi connectivity index (χ4v) is 4.70. The Morgan fingerprint density at radius 1 is 1.27 bits per heavy atom. The molecule has 0 radical (unpaired) electrons. The van der Waals surface area contributed by atoms with E-state index in [-0.39, 0.29) is 23.7 Å². The van der Waals surface area contributed by atoms with Crippen LogP contribution >= 0.6 is 0 Å². The SMILES string of the molecule is COc1ccc(F)c(CC2(CCC(=O)N3CCC(Oc4cccnc4)CC3)CCC(=O)N2)c1. The number of ether oxygens (including phenoxy) is 2. The van der Waals surface area contributed by atoms with E-state index in [2.05, 4.69) is 10.3 Å². The molecule has 0 saturated carbocycles. The molecule has 1 N–H and O–H groups in total. The van der Waals surface area contributed by atoms with Gasteiger partial charge in [-0.3, -0.25) is 14.6 Å². The van der Waals surface area contributed by atoms with E-state index in [9.17, 15) is 14.0 Å². The third-order valence-corrected chi connectivity index (χ3v) is 6.57. The predicted molar refractivity (Wildman–Crippen MR) is 120 cm³/mol. The molecule has 2 amide bonds. The Hall–Kier alpha value is -3.16. The summed E-state index contributed by atoms with van der Waals surface area (Å²) in [5.41, 5.74) is -0.140. The highest BCUT2D eigenvalue weighted by molar-refractivity contribution is 5.80. The maximum Gasteiger partial charge on any atom is 0.222 e. The molecule has 2 fully saturated rings. The van der Waals surface area contributed by atoms with E-state index in [0.29, 0.717) is 56.5 Å². The summed E-state index contributed by atoms with van der Waals surface area (Å²) in [4.78, 5) is 30.9. The molecule has 7 nitrogen and oxygen atoms in total. The van der Waals surface area contributed by atoms with Crippen molar-refractivity contribution in [3.05, 3.63) is 54.1 Å². The van der Waals surface area contributed by atoms with E-state index in [1.54, 1.807) is 24.5 Å². The zero-order chi connectivity index (χ0) is 23.3. The van der Waals surface area contributed by atoms with Gasteiger partial charge < -0.3 is 19.7 Å². The maximum absolute atomic E-state index is 14.4. The van der Waals surface area contributed by atoms with Gasteiger partial charge in [-0.1, -0.05) is 0 Å². The third kappa shape index (κ3) is 5.80. The summed E-state index contributed by atoms with van der Waals surface area (Å²) in [6.45, 7) is 1.27. The highest BCUT2D eigenvalue weighted by Crippen LogP contribution is 2.32. The number of rotatable bonds is 8. The quantitative estimate of drug-likeness (QED) is 0.661. The molecule has 0 bridgehead atoms. The van der Waals surface area contributed by atoms with Crippen molar-refractivity contribution in [2.45, 2.75) is 56.6 Å². The van der Waals surface area contributed by atoms with Crippen molar-refractivity contribution in [2.24, 2.45) is 0 Å². The average Bonchev–Trinajstić information content (AvgIpc) is 3.20. The van der Waals surface area contributed by atoms with Crippen LogP contribution in [0.3, 0.4) is 0 Å². The topological polar surface area (TPSA) is 80.8 Å². The summed E-state index contributed by atoms with van der Waals surface area (Å²) >= 11 is 0. The van der Waals surface area contributed by atoms with Crippen LogP contribution in [0, 0.1) is 5.82 Å². The van der Waals surface area contributed by atoms with Gasteiger partial charge in [0.2, 0.25) is 11.8 Å². The van der Waals surface area contributed by atoms with Gasteiger partial charge in [-0.25, -0.2) is 4.39 Å². The summed E-state index contributed by atoms with van der Waals surface area (Å²) in [6.07, 6.45) is 7.06. The number of nitrogens with one attached hydrogen (secondary N) is 1. The van der Waals surface area contributed by atoms with Crippen LogP contribution in [0.4, 0.5) is 4.39 Å². The van der Waals surface area contributed by atoms with Crippen molar-refractivity contribution in [1.82, 2.24) is 15.2 Å². The Kier molecular flexibility index (Phi) is 7.11. The van der Waals surface area contributed by atoms with Crippen LogP contribution in [0.15, 0.2) is 42.7 Å². The third-order valence-electron chi connectivity index (χ3n) is 6.57. The number of hydrogen-bond acceptors (Lipinski definition) is 5. The van der Waals surface area contributed by atoms with Crippen LogP contribution < -0.4 is 14.8 Å². The smallest absolute Gasteiger partial charge is 0.222 e. The number of benzene rings is 1. The van der Waals surface area contributed by atoms with Gasteiger partial charge in [0.1, 0.15) is 23.4 Å². The molecule has 4 rings (SSSR count). The zero-order valence-corrected chi connectivity index (χ0v) is 18.9. The van der Waals surface area contributed by atoms with Crippen LogP contribution in [0.2, 0.25) is 0 Å². The lowest BCUT2D eigenvalue weighted by molar-refractivity contribution is -0.133. The second-order valence-corrected chi connectivity index (χ2v) is 8.85. The summed E-state index contributed by atoms with van der Waals surface area (Å²) in [5.74, 6) is 0.975. The number of amides is 2. The van der Waals surface area contributed by atoms with Gasteiger partial charge in [0.25, 0.3) is 0 Å². The molecule has 1 atom stereocenters. The zero-order valence-electron chi connectivity index (χ0n) is 18.9. The van der Waals surface area contributed by atoms with E-state index in [1.165, 1.54) is 13.2 Å². The van der Waals surface area contributed by atoms with Gasteiger partial charge in [-0.2, -0.15) is 0 Å². The van der Waals surface area contributed by atoms with Crippen molar-refractivity contribution in [2.75, 3.05) is 20.2 Å². The maximum atomic E-state index is 14.4. The van der Waals surface area contributed by atoms with E-state index < -0.39 is 5.54 Å². The monoisotopic (exact) mass is 455 g/mol. The molecule has 2 aromatic rings. The van der Waals surface area contributed by atoms with Gasteiger partial charge in [0.05, 0.1) is 13.3 Å². The number of pyridine rings is 1. The van der Waals surface area contributed by atoms with E-state index >= 15 is 0 Å². The minimum Gasteiger partial charge on any atom is -0.497 e. The molecule has 0 aliphatic carbocycles. The standard InChI is InChI=1S/C25H30FN3O4/c1-32-20-4-5-22(26)18(15-20)16-25(10-6-23(30)28-25)11-7-24(31)29-13-8-19(9-14-29)33-21-3-2-12-27-17-21/h2-5,12,15,17,19H,6-11,13-14,16H2,1H3,(H,28,30). The van der Waals surface area contributed by atoms with Gasteiger partial charge in [0.15, 0.2) is 0 Å². The van der Waals surface area contributed by atoms with Crippen molar-refractivity contribution in [3.8, 4) is 11.5 Å². The molecule has 1 aromatic carbocycles. The van der Waals surface area contributed by atoms with Crippen LogP contribution in [-0.4, -0.2) is 53.5 Å². The molecule has 2 saturated heterocycles. The van der Waals surface area contributed by atoms with Crippen LogP contribution in [0.25, 0.3) is 0 Å². The number of nitrogens with zero attached hydrogens (tertiary/aromatic N) is 2. The van der Waals surface area contributed by atoms with Crippen molar-refractivity contribution >= 4 is 11.8 Å². The van der Waals surface area contributed by atoms with Gasteiger partial charge in [0, 0.05) is 50.5 Å². The number of aromatic nitrogens is 1. The summed E-state index contributed by atoms with van der Waals surface area (Å²) in [6, 6.07) is 8.33. The Morgan fingerprint density at radius 2 is 2.09 bits per heavy atom. The van der Waals surface area contributed by atoms with E-state index in [0.717, 1.165) is 18.6 Å². The number of likely N-dealkylation sites (tertiary alicyclic amines) is 1. The summed E-state index contributed by atoms with van der Waals surface area (Å²) < 4.78 is 25.6. The van der Waals surface area contributed by atoms with Crippen LogP contribution in [-0.2, 0) is 16.0 Å². The molecule has 33 heavy (non-hydrogen) atoms. The largest absolute Gasteiger partial charge is 0.497 e. The molecule has 3 heterocycles. The molecular weight excluding hydrogens is 425 g/mol. The van der Waals surface area contributed by atoms with Crippen molar-refractivity contribution < 1.29 is 23.5 Å². The number of hydrogen-bond donors (Lipinski definition) is 1. The molecule has 2 aliphatic rings. The molecule has 2 aliphatic heterocycles. The van der Waals surface area contributed by atoms with Crippen LogP contribution in [0.5, 0.6) is 11.5 Å². The number of carbonyl (C=O) groups is 2. The average molecular weight is 456 g/mol. The first-order valence-electron chi connectivity index (χ1n) is 11.4. The molecule has 176 valence electrons. The van der Waals surface area contributed by atoms with E-state index in [1.807, 2.05) is 17.0 Å². The Labute approximate surface area is 193 Å². The van der Waals surface area contributed by atoms with Gasteiger partial charge in [-0.15, -0.1) is 0 Å². The Bertz CT molecular complexity index is 979. The first-order valence-corrected chi connectivity index (χ1v) is 11.4.